The van der Waals surface area contributed by atoms with E-state index >= 15 is 0 Å². The number of pyridine rings is 1. The predicted molar refractivity (Wildman–Crippen MR) is 135 cm³/mol. The quantitative estimate of drug-likeness (QED) is 0.421. The number of ether oxygens (including phenoxy) is 2. The van der Waals surface area contributed by atoms with Crippen LogP contribution in [0.25, 0.3) is 10.9 Å². The Hall–Kier alpha value is -3.85. The predicted octanol–water partition coefficient (Wildman–Crippen LogP) is 2.22. The second kappa shape index (κ2) is 10.8. The minimum Gasteiger partial charge on any atom is -0.454 e. The van der Waals surface area contributed by atoms with E-state index < -0.39 is 29.3 Å². The molecule has 3 N–H and O–H groups in total. The van der Waals surface area contributed by atoms with Crippen LogP contribution in [0.3, 0.4) is 0 Å². The molecule has 4 rings (SSSR count). The van der Waals surface area contributed by atoms with E-state index in [1.165, 1.54) is 6.20 Å². The molecule has 9 heteroatoms. The normalized spacial score (nSPS) is 14.0. The van der Waals surface area contributed by atoms with Crippen LogP contribution in [-0.2, 0) is 17.8 Å². The molecule has 2 heterocycles. The molecule has 0 saturated carbocycles. The Morgan fingerprint density at radius 1 is 1.08 bits per heavy atom. The molecule has 0 fully saturated rings. The molecule has 36 heavy (non-hydrogen) atoms. The molecule has 0 radical (unpaired) electrons. The zero-order valence-electron chi connectivity index (χ0n) is 20.6. The molecule has 3 aromatic rings. The largest absolute Gasteiger partial charge is 0.454 e. The number of hydrogen-bond acceptors (Lipinski definition) is 6. The van der Waals surface area contributed by atoms with Crippen LogP contribution >= 0.6 is 0 Å². The van der Waals surface area contributed by atoms with E-state index in [1.807, 2.05) is 37.3 Å². The topological polar surface area (TPSA) is 119 Å². The number of fused-ring (bicyclic) bond motifs is 2. The average Bonchev–Trinajstić information content (AvgIpc) is 3.34. The van der Waals surface area contributed by atoms with Crippen molar-refractivity contribution in [1.82, 2.24) is 15.2 Å². The van der Waals surface area contributed by atoms with Gasteiger partial charge in [0.1, 0.15) is 11.6 Å². The molecular weight excluding hydrogens is 462 g/mol. The maximum Gasteiger partial charge on any atom is 0.257 e. The van der Waals surface area contributed by atoms with Crippen molar-refractivity contribution >= 4 is 22.7 Å². The Bertz CT molecular complexity index is 1320. The first-order valence-electron chi connectivity index (χ1n) is 12.0. The van der Waals surface area contributed by atoms with Crippen molar-refractivity contribution in [3.05, 3.63) is 70.0 Å². The van der Waals surface area contributed by atoms with Gasteiger partial charge in [0, 0.05) is 18.8 Å². The Morgan fingerprint density at radius 2 is 1.78 bits per heavy atom. The lowest BCUT2D eigenvalue weighted by Crippen LogP contribution is -2.53. The number of hydrogen-bond donors (Lipinski definition) is 3. The minimum absolute atomic E-state index is 0.0651. The van der Waals surface area contributed by atoms with E-state index in [4.69, 9.17) is 9.47 Å². The van der Waals surface area contributed by atoms with Crippen molar-refractivity contribution in [2.24, 2.45) is 5.92 Å². The molecule has 0 spiro atoms. The second-order valence-electron chi connectivity index (χ2n) is 9.15. The molecule has 190 valence electrons. The van der Waals surface area contributed by atoms with Gasteiger partial charge in [-0.25, -0.2) is 0 Å². The summed E-state index contributed by atoms with van der Waals surface area (Å²) in [7, 11) is 0. The van der Waals surface area contributed by atoms with Crippen LogP contribution in [0.2, 0.25) is 0 Å². The Balaban J connectivity index is 1.57. The van der Waals surface area contributed by atoms with Crippen LogP contribution in [0.1, 0.15) is 36.7 Å². The van der Waals surface area contributed by atoms with E-state index in [-0.39, 0.29) is 24.9 Å². The van der Waals surface area contributed by atoms with E-state index in [2.05, 4.69) is 10.6 Å². The first kappa shape index (κ1) is 25.2. The summed E-state index contributed by atoms with van der Waals surface area (Å²) >= 11 is 0. The van der Waals surface area contributed by atoms with E-state index in [0.717, 1.165) is 5.56 Å². The standard InChI is InChI=1S/C27H31N3O6/c1-4-30-13-20(25(32)19-11-22-23(12-21(19)30)36-15-35-22)26(33)29-24(16(2)3)27(34)28-18(14-31)10-17-8-6-5-7-9-17/h5-9,11-13,16,18,24,31H,4,10,14-15H2,1-3H3,(H,28,34)(H,29,33)/t18-,24+/m1/s1. The van der Waals surface area contributed by atoms with Crippen LogP contribution < -0.4 is 25.5 Å². The van der Waals surface area contributed by atoms with Gasteiger partial charge in [0.2, 0.25) is 18.1 Å². The molecule has 0 aliphatic carbocycles. The van der Waals surface area contributed by atoms with Crippen molar-refractivity contribution < 1.29 is 24.2 Å². The summed E-state index contributed by atoms with van der Waals surface area (Å²) in [4.78, 5) is 39.7. The summed E-state index contributed by atoms with van der Waals surface area (Å²) in [6.45, 7) is 5.86. The third-order valence-electron chi connectivity index (χ3n) is 6.29. The van der Waals surface area contributed by atoms with Crippen molar-refractivity contribution in [3.63, 3.8) is 0 Å². The molecule has 0 unspecified atom stereocenters. The molecule has 1 aliphatic heterocycles. The molecule has 1 aromatic heterocycles. The molecule has 2 atom stereocenters. The number of rotatable bonds is 9. The number of aryl methyl sites for hydroxylation is 1. The summed E-state index contributed by atoms with van der Waals surface area (Å²) in [5.74, 6) is -0.320. The highest BCUT2D eigenvalue weighted by molar-refractivity contribution is 6.00. The van der Waals surface area contributed by atoms with Crippen LogP contribution in [0, 0.1) is 5.92 Å². The molecule has 0 bridgehead atoms. The maximum absolute atomic E-state index is 13.3. The fourth-order valence-corrected chi connectivity index (χ4v) is 4.31. The molecular formula is C27H31N3O6. The van der Waals surface area contributed by atoms with Gasteiger partial charge in [-0.1, -0.05) is 44.2 Å². The van der Waals surface area contributed by atoms with Gasteiger partial charge in [-0.05, 0) is 30.9 Å². The molecule has 2 aromatic carbocycles. The number of nitrogens with one attached hydrogen (secondary N) is 2. The van der Waals surface area contributed by atoms with Crippen LogP contribution in [-0.4, -0.2) is 47.0 Å². The van der Waals surface area contributed by atoms with Crippen molar-refractivity contribution in [2.75, 3.05) is 13.4 Å². The Morgan fingerprint density at radius 3 is 2.42 bits per heavy atom. The van der Waals surface area contributed by atoms with Gasteiger partial charge in [0.15, 0.2) is 11.5 Å². The van der Waals surface area contributed by atoms with Gasteiger partial charge in [-0.3, -0.25) is 14.4 Å². The van der Waals surface area contributed by atoms with Gasteiger partial charge in [-0.15, -0.1) is 0 Å². The minimum atomic E-state index is -0.899. The third-order valence-corrected chi connectivity index (χ3v) is 6.29. The monoisotopic (exact) mass is 493 g/mol. The summed E-state index contributed by atoms with van der Waals surface area (Å²) in [6, 6.07) is 11.4. The zero-order chi connectivity index (χ0) is 25.8. The first-order valence-corrected chi connectivity index (χ1v) is 12.0. The van der Waals surface area contributed by atoms with Crippen LogP contribution in [0.15, 0.2) is 53.5 Å². The van der Waals surface area contributed by atoms with Crippen molar-refractivity contribution in [2.45, 2.75) is 45.8 Å². The number of benzene rings is 2. The van der Waals surface area contributed by atoms with Gasteiger partial charge in [0.25, 0.3) is 5.91 Å². The Kier molecular flexibility index (Phi) is 7.59. The molecule has 9 nitrogen and oxygen atoms in total. The third kappa shape index (κ3) is 5.21. The SMILES string of the molecule is CCn1cc(C(=O)N[C@H](C(=O)N[C@@H](CO)Cc2ccccc2)C(C)C)c(=O)c2cc3c(cc21)OCO3. The van der Waals surface area contributed by atoms with Gasteiger partial charge < -0.3 is 29.8 Å². The summed E-state index contributed by atoms with van der Waals surface area (Å²) in [5, 5.41) is 15.7. The number of carbonyl (C=O) groups excluding carboxylic acids is 2. The van der Waals surface area contributed by atoms with Crippen LogP contribution in [0.4, 0.5) is 0 Å². The fourth-order valence-electron chi connectivity index (χ4n) is 4.31. The average molecular weight is 494 g/mol. The van der Waals surface area contributed by atoms with Gasteiger partial charge in [-0.2, -0.15) is 0 Å². The van der Waals surface area contributed by atoms with Crippen molar-refractivity contribution in [3.8, 4) is 11.5 Å². The highest BCUT2D eigenvalue weighted by Gasteiger charge is 2.28. The summed E-state index contributed by atoms with van der Waals surface area (Å²) < 4.78 is 12.6. The van der Waals surface area contributed by atoms with E-state index in [0.29, 0.717) is 35.4 Å². The van der Waals surface area contributed by atoms with Crippen molar-refractivity contribution in [1.29, 1.82) is 0 Å². The first-order chi connectivity index (χ1) is 17.3. The lowest BCUT2D eigenvalue weighted by Gasteiger charge is -2.25. The number of carbonyl (C=O) groups is 2. The zero-order valence-corrected chi connectivity index (χ0v) is 20.6. The maximum atomic E-state index is 13.3. The number of aliphatic hydroxyl groups is 1. The van der Waals surface area contributed by atoms with Gasteiger partial charge >= 0.3 is 0 Å². The lowest BCUT2D eigenvalue weighted by atomic mass is 10.0. The van der Waals surface area contributed by atoms with E-state index in [1.54, 1.807) is 30.5 Å². The summed E-state index contributed by atoms with van der Waals surface area (Å²) in [6.07, 6.45) is 1.95. The number of aliphatic hydroxyl groups excluding tert-OH is 1. The molecule has 2 amide bonds. The van der Waals surface area contributed by atoms with Gasteiger partial charge in [0.05, 0.1) is 23.6 Å². The number of aromatic nitrogens is 1. The smallest absolute Gasteiger partial charge is 0.257 e. The number of nitrogens with zero attached hydrogens (tertiary/aromatic N) is 1. The lowest BCUT2D eigenvalue weighted by molar-refractivity contribution is -0.125. The molecule has 1 aliphatic rings. The Labute approximate surface area is 209 Å². The highest BCUT2D eigenvalue weighted by atomic mass is 16.7. The highest BCUT2D eigenvalue weighted by Crippen LogP contribution is 2.35. The fraction of sp³-hybridized carbons (Fsp3) is 0.370. The van der Waals surface area contributed by atoms with E-state index in [9.17, 15) is 19.5 Å². The molecule has 0 saturated heterocycles. The second-order valence-corrected chi connectivity index (χ2v) is 9.15. The summed E-state index contributed by atoms with van der Waals surface area (Å²) in [5.41, 5.74) is 1.09. The number of amides is 2. The van der Waals surface area contributed by atoms with Crippen LogP contribution in [0.5, 0.6) is 11.5 Å².